The van der Waals surface area contributed by atoms with Gasteiger partial charge in [0.05, 0.1) is 5.92 Å². The molecule has 3 nitrogen and oxygen atoms in total. The van der Waals surface area contributed by atoms with E-state index in [-0.39, 0.29) is 17.5 Å². The third-order valence-electron chi connectivity index (χ3n) is 2.16. The minimum absolute atomic E-state index is 0. The minimum Gasteiger partial charge on any atom is -0.481 e. The van der Waals surface area contributed by atoms with Crippen molar-refractivity contribution < 1.29 is 14.7 Å². The van der Waals surface area contributed by atoms with Gasteiger partial charge in [-0.2, -0.15) is 0 Å². The molecule has 94 valence electrons. The zero-order valence-corrected chi connectivity index (χ0v) is 11.1. The van der Waals surface area contributed by atoms with E-state index in [2.05, 4.69) is 0 Å². The monoisotopic (exact) mass is 274 g/mol. The maximum atomic E-state index is 11.0. The highest BCUT2D eigenvalue weighted by Crippen LogP contribution is 2.15. The molecule has 0 aromatic heterocycles. The van der Waals surface area contributed by atoms with Gasteiger partial charge in [0, 0.05) is 12.7 Å². The van der Waals surface area contributed by atoms with Crippen molar-refractivity contribution in [3.63, 3.8) is 0 Å². The van der Waals surface area contributed by atoms with E-state index in [1.165, 1.54) is 6.92 Å². The van der Waals surface area contributed by atoms with Crippen LogP contribution >= 0.6 is 24.2 Å². The summed E-state index contributed by atoms with van der Waals surface area (Å²) in [6.45, 7) is 1.45. The number of rotatable bonds is 5. The number of aliphatic carboxylic acids is 1. The van der Waals surface area contributed by atoms with Gasteiger partial charge in [0.25, 0.3) is 0 Å². The van der Waals surface area contributed by atoms with Crippen LogP contribution in [0.5, 0.6) is 0 Å². The standard InChI is InChI=1S/C12H14O3S.ClH/c1-9(13)16-8-11(12(14)15)7-10-5-3-2-4-6-10;/h2-6,11H,7-8H2,1H3,(H,14,15);1H. The summed E-state index contributed by atoms with van der Waals surface area (Å²) in [5.41, 5.74) is 0.985. The Hall–Kier alpha value is -1.00. The van der Waals surface area contributed by atoms with Crippen molar-refractivity contribution in [2.75, 3.05) is 5.75 Å². The average molecular weight is 275 g/mol. The van der Waals surface area contributed by atoms with E-state index in [0.29, 0.717) is 12.2 Å². The molecule has 1 atom stereocenters. The first-order chi connectivity index (χ1) is 7.59. The van der Waals surface area contributed by atoms with Gasteiger partial charge >= 0.3 is 5.97 Å². The molecule has 1 aromatic rings. The summed E-state index contributed by atoms with van der Waals surface area (Å²) < 4.78 is 0. The Bertz CT molecular complexity index is 367. The van der Waals surface area contributed by atoms with E-state index in [1.54, 1.807) is 0 Å². The molecule has 5 heteroatoms. The van der Waals surface area contributed by atoms with Crippen molar-refractivity contribution in [1.82, 2.24) is 0 Å². The highest BCUT2D eigenvalue weighted by molar-refractivity contribution is 8.13. The predicted molar refractivity (Wildman–Crippen MR) is 71.7 cm³/mol. The van der Waals surface area contributed by atoms with E-state index in [1.807, 2.05) is 30.3 Å². The van der Waals surface area contributed by atoms with Crippen LogP contribution in [0.25, 0.3) is 0 Å². The van der Waals surface area contributed by atoms with Crippen LogP contribution < -0.4 is 0 Å². The SMILES string of the molecule is CC(=O)SCC(Cc1ccccc1)C(=O)O.Cl. The Morgan fingerprint density at radius 1 is 1.29 bits per heavy atom. The van der Waals surface area contributed by atoms with Gasteiger partial charge in [-0.1, -0.05) is 42.1 Å². The molecular formula is C12H15ClO3S. The van der Waals surface area contributed by atoms with Crippen molar-refractivity contribution in [2.45, 2.75) is 13.3 Å². The maximum absolute atomic E-state index is 11.0. The second-order valence-electron chi connectivity index (χ2n) is 3.53. The molecule has 0 aliphatic carbocycles. The zero-order chi connectivity index (χ0) is 12.0. The lowest BCUT2D eigenvalue weighted by Crippen LogP contribution is -2.19. The number of hydrogen-bond donors (Lipinski definition) is 1. The molecule has 1 unspecified atom stereocenters. The lowest BCUT2D eigenvalue weighted by molar-refractivity contribution is -0.140. The number of thioether (sulfide) groups is 1. The van der Waals surface area contributed by atoms with Crippen LogP contribution in [0, 0.1) is 5.92 Å². The maximum Gasteiger partial charge on any atom is 0.307 e. The van der Waals surface area contributed by atoms with Gasteiger partial charge in [0.2, 0.25) is 0 Å². The number of halogens is 1. The number of carboxylic acid groups (broad SMARTS) is 1. The van der Waals surface area contributed by atoms with Gasteiger partial charge in [-0.3, -0.25) is 9.59 Å². The average Bonchev–Trinajstić information content (AvgIpc) is 2.25. The summed E-state index contributed by atoms with van der Waals surface area (Å²) in [5, 5.41) is 8.98. The lowest BCUT2D eigenvalue weighted by atomic mass is 10.0. The van der Waals surface area contributed by atoms with Gasteiger partial charge in [-0.05, 0) is 12.0 Å². The number of carbonyl (C=O) groups is 2. The molecule has 0 spiro atoms. The van der Waals surface area contributed by atoms with E-state index in [0.717, 1.165) is 17.3 Å². The highest BCUT2D eigenvalue weighted by Gasteiger charge is 2.18. The van der Waals surface area contributed by atoms with E-state index >= 15 is 0 Å². The van der Waals surface area contributed by atoms with E-state index < -0.39 is 11.9 Å². The normalized spacial score (nSPS) is 11.4. The molecule has 1 rings (SSSR count). The molecule has 0 aliphatic heterocycles. The molecule has 0 fully saturated rings. The largest absolute Gasteiger partial charge is 0.481 e. The molecule has 0 saturated heterocycles. The Kier molecular flexibility index (Phi) is 7.66. The Labute approximate surface area is 111 Å². The first-order valence-corrected chi connectivity index (χ1v) is 5.98. The molecule has 17 heavy (non-hydrogen) atoms. The number of benzene rings is 1. The zero-order valence-electron chi connectivity index (χ0n) is 9.46. The molecule has 0 bridgehead atoms. The van der Waals surface area contributed by atoms with Crippen LogP contribution in [0.15, 0.2) is 30.3 Å². The van der Waals surface area contributed by atoms with Crippen LogP contribution in [-0.4, -0.2) is 21.9 Å². The first kappa shape index (κ1) is 16.0. The van der Waals surface area contributed by atoms with Crippen LogP contribution in [0.1, 0.15) is 12.5 Å². The third kappa shape index (κ3) is 6.34. The topological polar surface area (TPSA) is 54.4 Å². The predicted octanol–water partition coefficient (Wildman–Crippen LogP) is 2.63. The van der Waals surface area contributed by atoms with Crippen molar-refractivity contribution in [3.8, 4) is 0 Å². The Balaban J connectivity index is 0.00000256. The number of carbonyl (C=O) groups excluding carboxylic acids is 1. The van der Waals surface area contributed by atoms with Crippen molar-refractivity contribution in [1.29, 1.82) is 0 Å². The fourth-order valence-corrected chi connectivity index (χ4v) is 2.03. The third-order valence-corrected chi connectivity index (χ3v) is 3.14. The second kappa shape index (κ2) is 8.14. The summed E-state index contributed by atoms with van der Waals surface area (Å²) in [6.07, 6.45) is 0.469. The van der Waals surface area contributed by atoms with Gasteiger partial charge in [0.15, 0.2) is 5.12 Å². The van der Waals surface area contributed by atoms with Gasteiger partial charge < -0.3 is 5.11 Å². The lowest BCUT2D eigenvalue weighted by Gasteiger charge is -2.10. The fraction of sp³-hybridized carbons (Fsp3) is 0.333. The molecule has 0 aliphatic rings. The summed E-state index contributed by atoms with van der Waals surface area (Å²) in [4.78, 5) is 21.8. The van der Waals surface area contributed by atoms with Crippen molar-refractivity contribution in [2.24, 2.45) is 5.92 Å². The Morgan fingerprint density at radius 2 is 1.88 bits per heavy atom. The first-order valence-electron chi connectivity index (χ1n) is 4.99. The molecule has 1 aromatic carbocycles. The molecule has 1 N–H and O–H groups in total. The summed E-state index contributed by atoms with van der Waals surface area (Å²) in [7, 11) is 0. The number of carboxylic acids is 1. The molecule has 0 saturated carbocycles. The van der Waals surface area contributed by atoms with Crippen LogP contribution in [-0.2, 0) is 16.0 Å². The minimum atomic E-state index is -0.849. The van der Waals surface area contributed by atoms with Crippen LogP contribution in [0.3, 0.4) is 0 Å². The quantitative estimate of drug-likeness (QED) is 0.897. The van der Waals surface area contributed by atoms with Crippen molar-refractivity contribution in [3.05, 3.63) is 35.9 Å². The molecule has 0 amide bonds. The highest BCUT2D eigenvalue weighted by atomic mass is 35.5. The van der Waals surface area contributed by atoms with E-state index in [9.17, 15) is 9.59 Å². The smallest absolute Gasteiger partial charge is 0.307 e. The number of hydrogen-bond acceptors (Lipinski definition) is 3. The molecule has 0 heterocycles. The van der Waals surface area contributed by atoms with Gasteiger partial charge in [-0.25, -0.2) is 0 Å². The molecular weight excluding hydrogens is 260 g/mol. The van der Waals surface area contributed by atoms with Crippen molar-refractivity contribution >= 4 is 35.3 Å². The van der Waals surface area contributed by atoms with Crippen LogP contribution in [0.2, 0.25) is 0 Å². The molecule has 0 radical (unpaired) electrons. The summed E-state index contributed by atoms with van der Waals surface area (Å²) in [5.74, 6) is -1.02. The second-order valence-corrected chi connectivity index (χ2v) is 4.72. The fourth-order valence-electron chi connectivity index (χ4n) is 1.33. The summed E-state index contributed by atoms with van der Waals surface area (Å²) in [6, 6.07) is 9.45. The summed E-state index contributed by atoms with van der Waals surface area (Å²) >= 11 is 1.07. The van der Waals surface area contributed by atoms with Gasteiger partial charge in [-0.15, -0.1) is 12.4 Å². The van der Waals surface area contributed by atoms with Crippen LogP contribution in [0.4, 0.5) is 0 Å². The van der Waals surface area contributed by atoms with Gasteiger partial charge in [0.1, 0.15) is 0 Å². The Morgan fingerprint density at radius 3 is 2.35 bits per heavy atom. The van der Waals surface area contributed by atoms with E-state index in [4.69, 9.17) is 5.11 Å².